The molecule has 1 N–H and O–H groups in total. The summed E-state index contributed by atoms with van der Waals surface area (Å²) < 4.78 is 43.1. The van der Waals surface area contributed by atoms with Crippen molar-refractivity contribution < 1.29 is 27.8 Å². The summed E-state index contributed by atoms with van der Waals surface area (Å²) in [7, 11) is 0. The van der Waals surface area contributed by atoms with E-state index in [2.05, 4.69) is 0 Å². The Labute approximate surface area is 120 Å². The van der Waals surface area contributed by atoms with Crippen LogP contribution in [-0.2, 0) is 11.0 Å². The number of hydrogen-bond donors (Lipinski definition) is 1. The quantitative estimate of drug-likeness (QED) is 0.895. The first-order valence-corrected chi connectivity index (χ1v) is 6.91. The minimum absolute atomic E-state index is 0.0494. The molecule has 0 saturated heterocycles. The van der Waals surface area contributed by atoms with Crippen LogP contribution in [0.1, 0.15) is 31.2 Å². The lowest BCUT2D eigenvalue weighted by Crippen LogP contribution is -2.28. The molecular weight excluding hydrogens is 285 g/mol. The third-order valence-corrected chi connectivity index (χ3v) is 3.88. The first-order valence-electron chi connectivity index (χ1n) is 6.91. The number of ether oxygens (including phenoxy) is 1. The van der Waals surface area contributed by atoms with E-state index in [0.29, 0.717) is 0 Å². The Morgan fingerprint density at radius 1 is 1.33 bits per heavy atom. The van der Waals surface area contributed by atoms with Gasteiger partial charge in [-0.3, -0.25) is 4.79 Å². The summed E-state index contributed by atoms with van der Waals surface area (Å²) in [4.78, 5) is 11.3. The molecule has 1 aliphatic rings. The van der Waals surface area contributed by atoms with Crippen LogP contribution in [-0.4, -0.2) is 17.7 Å². The Hall–Kier alpha value is -1.72. The molecule has 0 spiro atoms. The number of rotatable bonds is 5. The van der Waals surface area contributed by atoms with E-state index in [4.69, 9.17) is 4.74 Å². The van der Waals surface area contributed by atoms with Crippen LogP contribution in [0, 0.1) is 11.8 Å². The molecule has 6 heteroatoms. The smallest absolute Gasteiger partial charge is 0.416 e. The van der Waals surface area contributed by atoms with Gasteiger partial charge >= 0.3 is 12.1 Å². The maximum absolute atomic E-state index is 12.6. The van der Waals surface area contributed by atoms with Crippen molar-refractivity contribution in [2.24, 2.45) is 11.8 Å². The van der Waals surface area contributed by atoms with E-state index in [1.807, 2.05) is 0 Å². The van der Waals surface area contributed by atoms with E-state index in [-0.39, 0.29) is 18.3 Å². The molecule has 0 heterocycles. The van der Waals surface area contributed by atoms with Crippen molar-refractivity contribution in [1.29, 1.82) is 0 Å². The van der Waals surface area contributed by atoms with Crippen LogP contribution >= 0.6 is 0 Å². The summed E-state index contributed by atoms with van der Waals surface area (Å²) >= 11 is 0. The van der Waals surface area contributed by atoms with Crippen LogP contribution in [0.2, 0.25) is 0 Å². The monoisotopic (exact) mass is 302 g/mol. The average Bonchev–Trinajstić information content (AvgIpc) is 2.92. The minimum Gasteiger partial charge on any atom is -0.493 e. The van der Waals surface area contributed by atoms with E-state index in [1.165, 1.54) is 12.1 Å². The first kappa shape index (κ1) is 15.7. The van der Waals surface area contributed by atoms with Gasteiger partial charge in [-0.25, -0.2) is 0 Å². The second-order valence-electron chi connectivity index (χ2n) is 5.33. The summed E-state index contributed by atoms with van der Waals surface area (Å²) in [6.45, 7) is -0.0959. The zero-order valence-corrected chi connectivity index (χ0v) is 11.4. The van der Waals surface area contributed by atoms with E-state index >= 15 is 0 Å². The maximum atomic E-state index is 12.6. The summed E-state index contributed by atoms with van der Waals surface area (Å²) in [6.07, 6.45) is -0.765. The van der Waals surface area contributed by atoms with E-state index < -0.39 is 23.6 Å². The second-order valence-corrected chi connectivity index (χ2v) is 5.33. The molecule has 1 atom stereocenters. The highest BCUT2D eigenvalue weighted by atomic mass is 19.4. The van der Waals surface area contributed by atoms with Crippen molar-refractivity contribution in [3.63, 3.8) is 0 Å². The van der Waals surface area contributed by atoms with Gasteiger partial charge in [-0.15, -0.1) is 0 Å². The number of benzene rings is 1. The van der Waals surface area contributed by atoms with E-state index in [0.717, 1.165) is 37.8 Å². The minimum atomic E-state index is -4.43. The van der Waals surface area contributed by atoms with Crippen LogP contribution in [0.15, 0.2) is 24.3 Å². The van der Waals surface area contributed by atoms with Crippen molar-refractivity contribution in [3.8, 4) is 5.75 Å². The van der Waals surface area contributed by atoms with Crippen molar-refractivity contribution in [1.82, 2.24) is 0 Å². The average molecular weight is 302 g/mol. The molecule has 1 aromatic carbocycles. The van der Waals surface area contributed by atoms with E-state index in [9.17, 15) is 23.1 Å². The lowest BCUT2D eigenvalue weighted by Gasteiger charge is -2.20. The normalized spacial score (nSPS) is 17.7. The van der Waals surface area contributed by atoms with Gasteiger partial charge in [-0.2, -0.15) is 13.2 Å². The number of carboxylic acids is 1. The summed E-state index contributed by atoms with van der Waals surface area (Å²) in [5.41, 5.74) is -0.798. The van der Waals surface area contributed by atoms with Crippen LogP contribution in [0.4, 0.5) is 13.2 Å². The summed E-state index contributed by atoms with van der Waals surface area (Å²) in [5.74, 6) is -1.52. The van der Waals surface area contributed by atoms with Gasteiger partial charge in [0.05, 0.1) is 11.5 Å². The fourth-order valence-corrected chi connectivity index (χ4v) is 2.72. The Bertz CT molecular complexity index is 493. The predicted octanol–water partition coefficient (Wildman–Crippen LogP) is 3.98. The summed E-state index contributed by atoms with van der Waals surface area (Å²) in [6, 6.07) is 4.51. The molecule has 1 aromatic rings. The van der Waals surface area contributed by atoms with Gasteiger partial charge in [0.2, 0.25) is 0 Å². The Morgan fingerprint density at radius 3 is 2.57 bits per heavy atom. The zero-order chi connectivity index (χ0) is 15.5. The highest BCUT2D eigenvalue weighted by Gasteiger charge is 2.32. The molecule has 0 radical (unpaired) electrons. The molecule has 0 aromatic heterocycles. The van der Waals surface area contributed by atoms with Crippen molar-refractivity contribution in [3.05, 3.63) is 29.8 Å². The van der Waals surface area contributed by atoms with Gasteiger partial charge in [-0.05, 0) is 37.0 Å². The lowest BCUT2D eigenvalue weighted by atomic mass is 9.92. The molecule has 1 unspecified atom stereocenters. The van der Waals surface area contributed by atoms with Gasteiger partial charge in [0.1, 0.15) is 12.4 Å². The highest BCUT2D eigenvalue weighted by Crippen LogP contribution is 2.33. The molecular formula is C15H17F3O3. The molecule has 0 aliphatic heterocycles. The van der Waals surface area contributed by atoms with Crippen LogP contribution in [0.3, 0.4) is 0 Å². The molecule has 1 aliphatic carbocycles. The first-order chi connectivity index (χ1) is 9.88. The van der Waals surface area contributed by atoms with Crippen molar-refractivity contribution in [2.75, 3.05) is 6.61 Å². The van der Waals surface area contributed by atoms with Gasteiger partial charge < -0.3 is 9.84 Å². The van der Waals surface area contributed by atoms with Crippen molar-refractivity contribution in [2.45, 2.75) is 31.9 Å². The zero-order valence-electron chi connectivity index (χ0n) is 11.4. The van der Waals surface area contributed by atoms with Gasteiger partial charge in [0, 0.05) is 0 Å². The fourth-order valence-electron chi connectivity index (χ4n) is 2.72. The maximum Gasteiger partial charge on any atom is 0.416 e. The SMILES string of the molecule is O=C(O)C(COc1cccc(C(F)(F)F)c1)C1CCCC1. The fraction of sp³-hybridized carbons (Fsp3) is 0.533. The van der Waals surface area contributed by atoms with Gasteiger partial charge in [0.15, 0.2) is 0 Å². The summed E-state index contributed by atoms with van der Waals surface area (Å²) in [5, 5.41) is 9.24. The van der Waals surface area contributed by atoms with Gasteiger partial charge in [0.25, 0.3) is 0 Å². The molecule has 21 heavy (non-hydrogen) atoms. The number of carbonyl (C=O) groups is 1. The third kappa shape index (κ3) is 4.12. The van der Waals surface area contributed by atoms with Crippen LogP contribution < -0.4 is 4.74 Å². The Balaban J connectivity index is 2.02. The number of hydrogen-bond acceptors (Lipinski definition) is 2. The predicted molar refractivity (Wildman–Crippen MR) is 70.0 cm³/mol. The topological polar surface area (TPSA) is 46.5 Å². The van der Waals surface area contributed by atoms with Crippen LogP contribution in [0.25, 0.3) is 0 Å². The Kier molecular flexibility index (Phi) is 4.75. The number of carboxylic acid groups (broad SMARTS) is 1. The molecule has 1 fully saturated rings. The molecule has 1 saturated carbocycles. The third-order valence-electron chi connectivity index (χ3n) is 3.88. The molecule has 2 rings (SSSR count). The number of aliphatic carboxylic acids is 1. The molecule has 116 valence electrons. The molecule has 0 amide bonds. The lowest BCUT2D eigenvalue weighted by molar-refractivity contribution is -0.145. The Morgan fingerprint density at radius 2 is 2.00 bits per heavy atom. The molecule has 0 bridgehead atoms. The second kappa shape index (κ2) is 6.37. The standard InChI is InChI=1S/C15H17F3O3/c16-15(17,18)11-6-3-7-12(8-11)21-9-13(14(19)20)10-4-1-2-5-10/h3,6-8,10,13H,1-2,4-5,9H2,(H,19,20). The van der Waals surface area contributed by atoms with E-state index in [1.54, 1.807) is 0 Å². The largest absolute Gasteiger partial charge is 0.493 e. The van der Waals surface area contributed by atoms with Crippen LogP contribution in [0.5, 0.6) is 5.75 Å². The highest BCUT2D eigenvalue weighted by molar-refractivity contribution is 5.70. The van der Waals surface area contributed by atoms with Crippen molar-refractivity contribution >= 4 is 5.97 Å². The number of halogens is 3. The number of alkyl halides is 3. The van der Waals surface area contributed by atoms with Gasteiger partial charge in [-0.1, -0.05) is 18.9 Å². The molecule has 3 nitrogen and oxygen atoms in total.